The fourth-order valence-electron chi connectivity index (χ4n) is 3.57. The van der Waals surface area contributed by atoms with Crippen LogP contribution in [0.4, 0.5) is 4.79 Å². The normalized spacial score (nSPS) is 19.2. The number of likely N-dealkylation sites (N-methyl/N-ethyl adjacent to an activating group) is 1. The van der Waals surface area contributed by atoms with Crippen molar-refractivity contribution in [3.05, 3.63) is 69.7 Å². The van der Waals surface area contributed by atoms with Crippen LogP contribution in [0.1, 0.15) is 42.8 Å². The molecule has 0 unspecified atom stereocenters. The maximum atomic E-state index is 13.2. The molecule has 6 nitrogen and oxygen atoms in total. The molecule has 1 heterocycles. The Labute approximate surface area is 199 Å². The number of hydrogen-bond donors (Lipinski definition) is 0. The van der Waals surface area contributed by atoms with E-state index in [2.05, 4.69) is 0 Å². The van der Waals surface area contributed by atoms with Crippen molar-refractivity contribution in [2.75, 3.05) is 26.7 Å². The molecule has 0 spiro atoms. The first-order valence-electron chi connectivity index (χ1n) is 10.4. The first-order chi connectivity index (χ1) is 15.1. The highest BCUT2D eigenvalue weighted by Gasteiger charge is 2.37. The van der Waals surface area contributed by atoms with Crippen molar-refractivity contribution in [2.24, 2.45) is 0 Å². The standard InChI is InChI=1S/C24H28Cl2N2O4/c1-24(2,3)32-23(30)28-12-13-31-21(17-10-11-18(25)19(26)14-17)20(15-28)27(4)22(29)16-8-6-5-7-9-16/h5-11,14,20-21H,12-13,15H2,1-4H3/t20-,21+/m1/s1. The molecule has 2 aromatic carbocycles. The summed E-state index contributed by atoms with van der Waals surface area (Å²) in [6.45, 7) is 6.33. The predicted octanol–water partition coefficient (Wildman–Crippen LogP) is 5.44. The second-order valence-electron chi connectivity index (χ2n) is 8.74. The topological polar surface area (TPSA) is 59.1 Å². The number of benzene rings is 2. The van der Waals surface area contributed by atoms with Crippen LogP contribution < -0.4 is 0 Å². The van der Waals surface area contributed by atoms with E-state index < -0.39 is 23.8 Å². The molecule has 0 aromatic heterocycles. The second-order valence-corrected chi connectivity index (χ2v) is 9.56. The van der Waals surface area contributed by atoms with E-state index in [0.29, 0.717) is 22.2 Å². The minimum Gasteiger partial charge on any atom is -0.444 e. The molecule has 1 saturated heterocycles. The van der Waals surface area contributed by atoms with Crippen LogP contribution >= 0.6 is 23.2 Å². The third-order valence-electron chi connectivity index (χ3n) is 5.18. The van der Waals surface area contributed by atoms with Gasteiger partial charge in [0.25, 0.3) is 5.91 Å². The molecule has 0 N–H and O–H groups in total. The number of hydrogen-bond acceptors (Lipinski definition) is 4. The highest BCUT2D eigenvalue weighted by atomic mass is 35.5. The summed E-state index contributed by atoms with van der Waals surface area (Å²) in [6, 6.07) is 13.8. The molecule has 1 aliphatic rings. The lowest BCUT2D eigenvalue weighted by molar-refractivity contribution is 0.00934. The zero-order chi connectivity index (χ0) is 23.5. The molecule has 0 bridgehead atoms. The van der Waals surface area contributed by atoms with Gasteiger partial charge in [-0.1, -0.05) is 47.5 Å². The largest absolute Gasteiger partial charge is 0.444 e. The minimum absolute atomic E-state index is 0.171. The quantitative estimate of drug-likeness (QED) is 0.588. The molecule has 8 heteroatoms. The molecule has 2 amide bonds. The van der Waals surface area contributed by atoms with E-state index in [1.807, 2.05) is 45.0 Å². The van der Waals surface area contributed by atoms with Crippen molar-refractivity contribution < 1.29 is 19.1 Å². The minimum atomic E-state index is -0.630. The molecule has 1 fully saturated rings. The summed E-state index contributed by atoms with van der Waals surface area (Å²) >= 11 is 12.4. The Morgan fingerprint density at radius 1 is 1.09 bits per heavy atom. The van der Waals surface area contributed by atoms with Gasteiger partial charge in [-0.2, -0.15) is 0 Å². The summed E-state index contributed by atoms with van der Waals surface area (Å²) < 4.78 is 11.7. The number of nitrogens with zero attached hydrogens (tertiary/aromatic N) is 2. The van der Waals surface area contributed by atoms with Gasteiger partial charge in [0.2, 0.25) is 0 Å². The molecule has 172 valence electrons. The van der Waals surface area contributed by atoms with Gasteiger partial charge in [-0.15, -0.1) is 0 Å². The highest BCUT2D eigenvalue weighted by molar-refractivity contribution is 6.42. The average Bonchev–Trinajstić information content (AvgIpc) is 2.97. The van der Waals surface area contributed by atoms with E-state index in [-0.39, 0.29) is 19.1 Å². The van der Waals surface area contributed by atoms with Crippen LogP contribution in [0.2, 0.25) is 10.0 Å². The molecule has 0 aliphatic carbocycles. The van der Waals surface area contributed by atoms with E-state index in [0.717, 1.165) is 5.56 Å². The lowest BCUT2D eigenvalue weighted by atomic mass is 9.99. The SMILES string of the molecule is CN(C(=O)c1ccccc1)[C@@H]1CN(C(=O)OC(C)(C)C)CCO[C@H]1c1ccc(Cl)c(Cl)c1. The molecule has 1 aliphatic heterocycles. The van der Waals surface area contributed by atoms with E-state index in [9.17, 15) is 9.59 Å². The predicted molar refractivity (Wildman–Crippen MR) is 125 cm³/mol. The van der Waals surface area contributed by atoms with Gasteiger partial charge in [-0.05, 0) is 50.6 Å². The molecule has 2 atom stereocenters. The molecule has 3 rings (SSSR count). The van der Waals surface area contributed by atoms with Gasteiger partial charge in [-0.25, -0.2) is 4.79 Å². The number of carbonyl (C=O) groups is 2. The molecule has 0 radical (unpaired) electrons. The van der Waals surface area contributed by atoms with Crippen molar-refractivity contribution in [1.29, 1.82) is 0 Å². The van der Waals surface area contributed by atoms with Gasteiger partial charge in [-0.3, -0.25) is 4.79 Å². The Balaban J connectivity index is 1.95. The van der Waals surface area contributed by atoms with E-state index in [1.54, 1.807) is 41.1 Å². The summed E-state index contributed by atoms with van der Waals surface area (Å²) in [6.07, 6.45) is -0.948. The van der Waals surface area contributed by atoms with Crippen molar-refractivity contribution in [3.8, 4) is 0 Å². The summed E-state index contributed by atoms with van der Waals surface area (Å²) in [7, 11) is 1.71. The van der Waals surface area contributed by atoms with Crippen LogP contribution in [0.25, 0.3) is 0 Å². The number of halogens is 2. The maximum absolute atomic E-state index is 13.2. The first-order valence-corrected chi connectivity index (χ1v) is 11.2. The van der Waals surface area contributed by atoms with E-state index >= 15 is 0 Å². The second kappa shape index (κ2) is 10.1. The number of amides is 2. The van der Waals surface area contributed by atoms with Crippen LogP contribution in [0.3, 0.4) is 0 Å². The van der Waals surface area contributed by atoms with Crippen LogP contribution in [-0.2, 0) is 9.47 Å². The molecular formula is C24H28Cl2N2O4. The Morgan fingerprint density at radius 2 is 1.78 bits per heavy atom. The third-order valence-corrected chi connectivity index (χ3v) is 5.92. The Hall–Kier alpha value is -2.28. The van der Waals surface area contributed by atoms with Gasteiger partial charge in [0, 0.05) is 25.7 Å². The Bertz CT molecular complexity index is 962. The van der Waals surface area contributed by atoms with Crippen LogP contribution in [0, 0.1) is 0 Å². The third kappa shape index (κ3) is 5.94. The molecular weight excluding hydrogens is 451 g/mol. The van der Waals surface area contributed by atoms with E-state index in [4.69, 9.17) is 32.7 Å². The van der Waals surface area contributed by atoms with Crippen LogP contribution in [0.15, 0.2) is 48.5 Å². The van der Waals surface area contributed by atoms with Crippen molar-refractivity contribution in [2.45, 2.75) is 38.5 Å². The molecule has 32 heavy (non-hydrogen) atoms. The van der Waals surface area contributed by atoms with Gasteiger partial charge < -0.3 is 19.3 Å². The molecule has 2 aromatic rings. The van der Waals surface area contributed by atoms with Crippen LogP contribution in [0.5, 0.6) is 0 Å². The lowest BCUT2D eigenvalue weighted by Crippen LogP contribution is -2.49. The fourth-order valence-corrected chi connectivity index (χ4v) is 3.88. The van der Waals surface area contributed by atoms with Crippen LogP contribution in [-0.4, -0.2) is 60.2 Å². The van der Waals surface area contributed by atoms with Gasteiger partial charge >= 0.3 is 6.09 Å². The zero-order valence-corrected chi connectivity index (χ0v) is 20.2. The highest BCUT2D eigenvalue weighted by Crippen LogP contribution is 2.33. The van der Waals surface area contributed by atoms with Crippen molar-refractivity contribution in [1.82, 2.24) is 9.80 Å². The number of ether oxygens (including phenoxy) is 2. The van der Waals surface area contributed by atoms with Gasteiger partial charge in [0.05, 0.1) is 22.7 Å². The summed E-state index contributed by atoms with van der Waals surface area (Å²) in [5.41, 5.74) is 0.702. The first kappa shape index (κ1) is 24.4. The smallest absolute Gasteiger partial charge is 0.410 e. The zero-order valence-electron chi connectivity index (χ0n) is 18.7. The van der Waals surface area contributed by atoms with Gasteiger partial charge in [0.15, 0.2) is 0 Å². The Morgan fingerprint density at radius 3 is 2.41 bits per heavy atom. The maximum Gasteiger partial charge on any atom is 0.410 e. The fraction of sp³-hybridized carbons (Fsp3) is 0.417. The number of rotatable bonds is 3. The van der Waals surface area contributed by atoms with Gasteiger partial charge in [0.1, 0.15) is 11.7 Å². The summed E-state index contributed by atoms with van der Waals surface area (Å²) in [5, 5.41) is 0.835. The average molecular weight is 479 g/mol. The number of carbonyl (C=O) groups excluding carboxylic acids is 2. The van der Waals surface area contributed by atoms with Crippen molar-refractivity contribution in [3.63, 3.8) is 0 Å². The lowest BCUT2D eigenvalue weighted by Gasteiger charge is -2.35. The summed E-state index contributed by atoms with van der Waals surface area (Å²) in [4.78, 5) is 29.3. The summed E-state index contributed by atoms with van der Waals surface area (Å²) in [5.74, 6) is -0.171. The van der Waals surface area contributed by atoms with Crippen molar-refractivity contribution >= 4 is 35.2 Å². The molecule has 0 saturated carbocycles. The monoisotopic (exact) mass is 478 g/mol. The van der Waals surface area contributed by atoms with E-state index in [1.165, 1.54) is 0 Å². The Kier molecular flexibility index (Phi) is 7.70.